The number of carbonyl (C=O) groups excluding carboxylic acids is 1. The van der Waals surface area contributed by atoms with Crippen molar-refractivity contribution < 1.29 is 9.53 Å². The van der Waals surface area contributed by atoms with Crippen LogP contribution in [-0.2, 0) is 4.79 Å². The molecular formula is C24H27N3O2. The van der Waals surface area contributed by atoms with Crippen LogP contribution in [0.3, 0.4) is 0 Å². The van der Waals surface area contributed by atoms with E-state index < -0.39 is 0 Å². The maximum absolute atomic E-state index is 12.5. The van der Waals surface area contributed by atoms with Crippen molar-refractivity contribution in [1.29, 1.82) is 0 Å². The molecule has 1 fully saturated rings. The number of rotatable bonds is 4. The number of anilines is 1. The molecule has 1 saturated heterocycles. The number of nitrogens with zero attached hydrogens (tertiary/aromatic N) is 3. The minimum absolute atomic E-state index is 0.0312. The second-order valence-electron chi connectivity index (χ2n) is 7.74. The van der Waals surface area contributed by atoms with Gasteiger partial charge in [-0.3, -0.25) is 4.79 Å². The monoisotopic (exact) mass is 389 g/mol. The first-order valence-electron chi connectivity index (χ1n) is 10.1. The summed E-state index contributed by atoms with van der Waals surface area (Å²) in [5.41, 5.74) is 4.66. The first-order valence-corrected chi connectivity index (χ1v) is 10.1. The summed E-state index contributed by atoms with van der Waals surface area (Å²) in [6.07, 6.45) is 0. The van der Waals surface area contributed by atoms with Crippen LogP contribution in [0, 0.1) is 20.8 Å². The van der Waals surface area contributed by atoms with Crippen LogP contribution in [0.2, 0.25) is 0 Å². The van der Waals surface area contributed by atoms with Gasteiger partial charge in [0.25, 0.3) is 5.91 Å². The molecular weight excluding hydrogens is 362 g/mol. The number of hydrogen-bond acceptors (Lipinski definition) is 4. The van der Waals surface area contributed by atoms with Crippen molar-refractivity contribution in [3.63, 3.8) is 0 Å². The third-order valence-corrected chi connectivity index (χ3v) is 5.57. The average molecular weight is 389 g/mol. The van der Waals surface area contributed by atoms with Crippen LogP contribution < -0.4 is 9.64 Å². The van der Waals surface area contributed by atoms with E-state index in [1.807, 2.05) is 36.1 Å². The van der Waals surface area contributed by atoms with Crippen molar-refractivity contribution in [2.75, 3.05) is 37.7 Å². The molecule has 29 heavy (non-hydrogen) atoms. The Morgan fingerprint density at radius 3 is 2.41 bits per heavy atom. The van der Waals surface area contributed by atoms with E-state index in [2.05, 4.69) is 43.0 Å². The number of piperazine rings is 1. The van der Waals surface area contributed by atoms with E-state index in [0.29, 0.717) is 13.1 Å². The van der Waals surface area contributed by atoms with E-state index in [1.54, 1.807) is 0 Å². The summed E-state index contributed by atoms with van der Waals surface area (Å²) in [5, 5.41) is 1.20. The number of ether oxygens (including phenoxy) is 1. The molecule has 0 radical (unpaired) electrons. The number of aryl methyl sites for hydroxylation is 3. The lowest BCUT2D eigenvalue weighted by molar-refractivity contribution is -0.133. The Morgan fingerprint density at radius 2 is 1.69 bits per heavy atom. The quantitative estimate of drug-likeness (QED) is 0.679. The highest BCUT2D eigenvalue weighted by Crippen LogP contribution is 2.25. The van der Waals surface area contributed by atoms with E-state index >= 15 is 0 Å². The number of para-hydroxylation sites is 1. The topological polar surface area (TPSA) is 45.7 Å². The van der Waals surface area contributed by atoms with E-state index in [4.69, 9.17) is 9.72 Å². The van der Waals surface area contributed by atoms with Gasteiger partial charge >= 0.3 is 0 Å². The van der Waals surface area contributed by atoms with Gasteiger partial charge < -0.3 is 14.5 Å². The first-order chi connectivity index (χ1) is 14.0. The van der Waals surface area contributed by atoms with Gasteiger partial charge in [0.15, 0.2) is 6.61 Å². The van der Waals surface area contributed by atoms with Crippen LogP contribution in [0.1, 0.15) is 16.7 Å². The molecule has 0 bridgehead atoms. The molecule has 1 aromatic heterocycles. The predicted molar refractivity (Wildman–Crippen MR) is 117 cm³/mol. The molecule has 150 valence electrons. The van der Waals surface area contributed by atoms with Crippen LogP contribution in [0.15, 0.2) is 48.5 Å². The summed E-state index contributed by atoms with van der Waals surface area (Å²) in [6.45, 7) is 9.26. The summed E-state index contributed by atoms with van der Waals surface area (Å²) in [5.74, 6) is 1.75. The smallest absolute Gasteiger partial charge is 0.260 e. The Bertz CT molecular complexity index is 1020. The molecule has 1 aliphatic heterocycles. The number of pyridine rings is 1. The van der Waals surface area contributed by atoms with E-state index in [9.17, 15) is 4.79 Å². The van der Waals surface area contributed by atoms with Crippen molar-refractivity contribution in [3.05, 3.63) is 65.2 Å². The van der Waals surface area contributed by atoms with Crippen LogP contribution in [0.25, 0.3) is 10.9 Å². The standard InChI is InChI=1S/C24H27N3O2/c1-17-7-9-20(10-8-17)29-16-23(28)27-13-11-26(12-14-27)22-15-19(3)21-6-4-5-18(2)24(21)25-22/h4-10,15H,11-14,16H2,1-3H3. The lowest BCUT2D eigenvalue weighted by Crippen LogP contribution is -2.50. The van der Waals surface area contributed by atoms with Crippen LogP contribution in [-0.4, -0.2) is 48.6 Å². The van der Waals surface area contributed by atoms with Gasteiger partial charge in [-0.2, -0.15) is 0 Å². The molecule has 0 unspecified atom stereocenters. The van der Waals surface area contributed by atoms with Gasteiger partial charge in [0.05, 0.1) is 5.52 Å². The largest absolute Gasteiger partial charge is 0.484 e. The molecule has 0 saturated carbocycles. The molecule has 0 spiro atoms. The fourth-order valence-corrected chi connectivity index (χ4v) is 3.76. The lowest BCUT2D eigenvalue weighted by atomic mass is 10.1. The fraction of sp³-hybridized carbons (Fsp3) is 0.333. The number of aromatic nitrogens is 1. The summed E-state index contributed by atoms with van der Waals surface area (Å²) in [4.78, 5) is 21.6. The van der Waals surface area contributed by atoms with Crippen LogP contribution in [0.5, 0.6) is 5.75 Å². The zero-order chi connectivity index (χ0) is 20.4. The van der Waals surface area contributed by atoms with E-state index in [-0.39, 0.29) is 12.5 Å². The van der Waals surface area contributed by atoms with Crippen LogP contribution >= 0.6 is 0 Å². The van der Waals surface area contributed by atoms with Gasteiger partial charge in [-0.15, -0.1) is 0 Å². The third-order valence-electron chi connectivity index (χ3n) is 5.57. The molecule has 3 aromatic rings. The highest BCUT2D eigenvalue weighted by Gasteiger charge is 2.22. The lowest BCUT2D eigenvalue weighted by Gasteiger charge is -2.35. The Kier molecular flexibility index (Phi) is 5.38. The number of hydrogen-bond donors (Lipinski definition) is 0. The Morgan fingerprint density at radius 1 is 0.966 bits per heavy atom. The number of carbonyl (C=O) groups is 1. The van der Waals surface area contributed by atoms with Crippen LogP contribution in [0.4, 0.5) is 5.82 Å². The zero-order valence-corrected chi connectivity index (χ0v) is 17.3. The molecule has 1 aliphatic rings. The molecule has 2 aromatic carbocycles. The summed E-state index contributed by atoms with van der Waals surface area (Å²) < 4.78 is 5.65. The normalized spacial score (nSPS) is 14.3. The molecule has 4 rings (SSSR count). The van der Waals surface area contributed by atoms with Gasteiger partial charge in [-0.25, -0.2) is 4.98 Å². The minimum Gasteiger partial charge on any atom is -0.484 e. The highest BCUT2D eigenvalue weighted by atomic mass is 16.5. The predicted octanol–water partition coefficient (Wildman–Crippen LogP) is 3.89. The summed E-state index contributed by atoms with van der Waals surface area (Å²) in [7, 11) is 0. The molecule has 0 aliphatic carbocycles. The van der Waals surface area contributed by atoms with Gasteiger partial charge in [0.1, 0.15) is 11.6 Å². The maximum Gasteiger partial charge on any atom is 0.260 e. The number of amides is 1. The molecule has 0 N–H and O–H groups in total. The van der Waals surface area contributed by atoms with Gasteiger partial charge in [-0.1, -0.05) is 35.9 Å². The molecule has 5 nitrogen and oxygen atoms in total. The molecule has 1 amide bonds. The average Bonchev–Trinajstić information content (AvgIpc) is 2.74. The van der Waals surface area contributed by atoms with E-state index in [1.165, 1.54) is 22.1 Å². The SMILES string of the molecule is Cc1ccc(OCC(=O)N2CCN(c3cc(C)c4cccc(C)c4n3)CC2)cc1. The summed E-state index contributed by atoms with van der Waals surface area (Å²) in [6, 6.07) is 16.2. The van der Waals surface area contributed by atoms with E-state index in [0.717, 1.165) is 30.2 Å². The van der Waals surface area contributed by atoms with Gasteiger partial charge in [-0.05, 0) is 50.1 Å². The fourth-order valence-electron chi connectivity index (χ4n) is 3.76. The minimum atomic E-state index is 0.0312. The summed E-state index contributed by atoms with van der Waals surface area (Å²) >= 11 is 0. The number of benzene rings is 2. The van der Waals surface area contributed by atoms with Gasteiger partial charge in [0.2, 0.25) is 0 Å². The maximum atomic E-state index is 12.5. The van der Waals surface area contributed by atoms with Crippen molar-refractivity contribution in [1.82, 2.24) is 9.88 Å². The molecule has 5 heteroatoms. The van der Waals surface area contributed by atoms with Crippen molar-refractivity contribution in [2.45, 2.75) is 20.8 Å². The Hall–Kier alpha value is -3.08. The first kappa shape index (κ1) is 19.2. The highest BCUT2D eigenvalue weighted by molar-refractivity contribution is 5.86. The molecule has 0 atom stereocenters. The van der Waals surface area contributed by atoms with Crippen molar-refractivity contribution in [3.8, 4) is 5.75 Å². The Labute approximate surface area is 171 Å². The molecule has 2 heterocycles. The van der Waals surface area contributed by atoms with Crippen molar-refractivity contribution >= 4 is 22.6 Å². The van der Waals surface area contributed by atoms with Crippen molar-refractivity contribution in [2.24, 2.45) is 0 Å². The zero-order valence-electron chi connectivity index (χ0n) is 17.3. The number of fused-ring (bicyclic) bond motifs is 1. The second-order valence-corrected chi connectivity index (χ2v) is 7.74. The third kappa shape index (κ3) is 4.19. The second kappa shape index (κ2) is 8.11. The van der Waals surface area contributed by atoms with Gasteiger partial charge in [0, 0.05) is 31.6 Å². The Balaban J connectivity index is 1.38.